The molecule has 0 radical (unpaired) electrons. The van der Waals surface area contributed by atoms with Gasteiger partial charge in [-0.1, -0.05) is 6.92 Å². The van der Waals surface area contributed by atoms with Crippen LogP contribution in [0, 0.1) is 5.82 Å². The van der Waals surface area contributed by atoms with Crippen molar-refractivity contribution >= 4 is 27.5 Å². The molecule has 0 fully saturated rings. The normalized spacial score (nSPS) is 9.64. The maximum Gasteiger partial charge on any atom is 0.278 e. The first-order chi connectivity index (χ1) is 10.5. The summed E-state index contributed by atoms with van der Waals surface area (Å²) in [7, 11) is 0. The van der Waals surface area contributed by atoms with E-state index in [1.165, 1.54) is 36.5 Å². The number of rotatable bonds is 3. The van der Waals surface area contributed by atoms with E-state index in [0.717, 1.165) is 0 Å². The minimum atomic E-state index is -0.563. The maximum atomic E-state index is 12.7. The van der Waals surface area contributed by atoms with Crippen LogP contribution in [0.3, 0.4) is 0 Å². The quantitative estimate of drug-likeness (QED) is 0.843. The molecular formula is C15H15BrF2N2O2. The number of benzene rings is 1. The number of anilines is 1. The lowest BCUT2D eigenvalue weighted by molar-refractivity contribution is 0.101. The summed E-state index contributed by atoms with van der Waals surface area (Å²) in [5.41, 5.74) is 0.327. The Morgan fingerprint density at radius 2 is 1.95 bits per heavy atom. The fraction of sp³-hybridized carbons (Fsp3) is 0.200. The largest absolute Gasteiger partial charge is 0.505 e. The Morgan fingerprint density at radius 1 is 1.36 bits per heavy atom. The van der Waals surface area contributed by atoms with Crippen LogP contribution in [0.1, 0.15) is 23.8 Å². The number of carbonyl (C=O) groups excluding carboxylic acids is 1. The maximum absolute atomic E-state index is 12.7. The van der Waals surface area contributed by atoms with Gasteiger partial charge in [-0.3, -0.25) is 9.18 Å². The second-order valence-electron chi connectivity index (χ2n) is 4.17. The van der Waals surface area contributed by atoms with Crippen molar-refractivity contribution < 1.29 is 18.7 Å². The van der Waals surface area contributed by atoms with Crippen LogP contribution in [0.15, 0.2) is 41.0 Å². The molecule has 0 aliphatic heterocycles. The second kappa shape index (κ2) is 9.09. The van der Waals surface area contributed by atoms with Gasteiger partial charge in [-0.15, -0.1) is 0 Å². The van der Waals surface area contributed by atoms with E-state index in [-0.39, 0.29) is 18.1 Å². The fourth-order valence-corrected chi connectivity index (χ4v) is 1.65. The van der Waals surface area contributed by atoms with E-state index in [9.17, 15) is 18.7 Å². The Hall–Kier alpha value is -2.02. The molecule has 4 nitrogen and oxygen atoms in total. The van der Waals surface area contributed by atoms with Gasteiger partial charge in [-0.05, 0) is 52.7 Å². The summed E-state index contributed by atoms with van der Waals surface area (Å²) in [6.07, 6.45) is 2.05. The number of amides is 1. The molecule has 0 saturated heterocycles. The van der Waals surface area contributed by atoms with Crippen LogP contribution >= 0.6 is 15.9 Å². The van der Waals surface area contributed by atoms with Crippen molar-refractivity contribution in [2.45, 2.75) is 13.3 Å². The minimum absolute atomic E-state index is 0.0949. The first kappa shape index (κ1) is 18.0. The summed E-state index contributed by atoms with van der Waals surface area (Å²) in [6, 6.07) is 6.66. The molecule has 1 aromatic heterocycles. The van der Waals surface area contributed by atoms with Gasteiger partial charge in [0.15, 0.2) is 5.69 Å². The van der Waals surface area contributed by atoms with Crippen molar-refractivity contribution in [1.82, 2.24) is 4.98 Å². The first-order valence-electron chi connectivity index (χ1n) is 6.45. The molecule has 118 valence electrons. The van der Waals surface area contributed by atoms with Gasteiger partial charge >= 0.3 is 0 Å². The predicted molar refractivity (Wildman–Crippen MR) is 84.2 cm³/mol. The second-order valence-corrected chi connectivity index (χ2v) is 5.09. The van der Waals surface area contributed by atoms with E-state index in [2.05, 4.69) is 26.2 Å². The summed E-state index contributed by atoms with van der Waals surface area (Å²) in [4.78, 5) is 15.6. The lowest BCUT2D eigenvalue weighted by Crippen LogP contribution is -2.13. The summed E-state index contributed by atoms with van der Waals surface area (Å²) in [5.74, 6) is -1.19. The third kappa shape index (κ3) is 5.77. The number of nitrogens with one attached hydrogen (secondary N) is 1. The number of nitrogens with zero attached hydrogens (tertiary/aromatic N) is 1. The number of halogens is 3. The molecule has 2 rings (SSSR count). The Morgan fingerprint density at radius 3 is 2.45 bits per heavy atom. The number of carbonyl (C=O) groups is 1. The third-order valence-corrected chi connectivity index (χ3v) is 2.77. The summed E-state index contributed by atoms with van der Waals surface area (Å²) in [6.45, 7) is 1.62. The highest BCUT2D eigenvalue weighted by molar-refractivity contribution is 9.10. The van der Waals surface area contributed by atoms with Crippen LogP contribution in [-0.4, -0.2) is 22.7 Å². The standard InChI is InChI=1S/C12H8BrFN2O2.C3H7F/c13-7-5-10(17)11(15-6-7)12(18)16-9-3-1-8(14)2-4-9;1-2-3-4/h1-6,17H,(H,16,18);2-3H2,1H3. The zero-order valence-corrected chi connectivity index (χ0v) is 13.4. The SMILES string of the molecule is CCCF.O=C(Nc1ccc(F)cc1)c1ncc(Br)cc1O. The zero-order chi connectivity index (χ0) is 16.5. The number of hydrogen-bond acceptors (Lipinski definition) is 3. The number of alkyl halides is 1. The molecule has 0 aliphatic rings. The van der Waals surface area contributed by atoms with Crippen molar-refractivity contribution in [3.8, 4) is 5.75 Å². The van der Waals surface area contributed by atoms with Gasteiger partial charge < -0.3 is 10.4 Å². The minimum Gasteiger partial charge on any atom is -0.505 e. The van der Waals surface area contributed by atoms with Gasteiger partial charge in [0.2, 0.25) is 0 Å². The topological polar surface area (TPSA) is 62.2 Å². The van der Waals surface area contributed by atoms with E-state index < -0.39 is 11.7 Å². The van der Waals surface area contributed by atoms with Gasteiger partial charge in [0.1, 0.15) is 11.6 Å². The number of hydrogen-bond donors (Lipinski definition) is 2. The highest BCUT2D eigenvalue weighted by atomic mass is 79.9. The fourth-order valence-electron chi connectivity index (χ4n) is 1.33. The molecule has 0 unspecified atom stereocenters. The molecule has 0 atom stereocenters. The molecule has 0 spiro atoms. The lowest BCUT2D eigenvalue weighted by atomic mass is 10.2. The van der Waals surface area contributed by atoms with Crippen molar-refractivity contribution in [2.75, 3.05) is 12.0 Å². The molecule has 0 aliphatic carbocycles. The number of aromatic hydroxyl groups is 1. The van der Waals surface area contributed by atoms with E-state index in [4.69, 9.17) is 0 Å². The Kier molecular flexibility index (Phi) is 7.45. The van der Waals surface area contributed by atoms with Crippen LogP contribution < -0.4 is 5.32 Å². The van der Waals surface area contributed by atoms with E-state index in [1.54, 1.807) is 6.92 Å². The molecule has 0 bridgehead atoms. The number of pyridine rings is 1. The molecule has 1 aromatic carbocycles. The molecule has 1 heterocycles. The van der Waals surface area contributed by atoms with Crippen molar-refractivity contribution in [3.05, 3.63) is 52.5 Å². The Labute approximate surface area is 135 Å². The van der Waals surface area contributed by atoms with Gasteiger partial charge in [0.05, 0.1) is 6.67 Å². The summed E-state index contributed by atoms with van der Waals surface area (Å²) < 4.78 is 24.0. The monoisotopic (exact) mass is 372 g/mol. The van der Waals surface area contributed by atoms with Gasteiger partial charge in [-0.25, -0.2) is 9.37 Å². The van der Waals surface area contributed by atoms with Crippen molar-refractivity contribution in [3.63, 3.8) is 0 Å². The number of aromatic nitrogens is 1. The molecule has 22 heavy (non-hydrogen) atoms. The molecule has 2 N–H and O–H groups in total. The molecule has 2 aromatic rings. The molecule has 7 heteroatoms. The van der Waals surface area contributed by atoms with Crippen LogP contribution in [-0.2, 0) is 0 Å². The third-order valence-electron chi connectivity index (χ3n) is 2.34. The summed E-state index contributed by atoms with van der Waals surface area (Å²) in [5, 5.41) is 12.1. The Bertz CT molecular complexity index is 619. The highest BCUT2D eigenvalue weighted by Gasteiger charge is 2.13. The predicted octanol–water partition coefficient (Wildman–Crippen LogP) is 4.31. The summed E-state index contributed by atoms with van der Waals surface area (Å²) >= 11 is 3.12. The van der Waals surface area contributed by atoms with E-state index in [0.29, 0.717) is 16.6 Å². The van der Waals surface area contributed by atoms with Crippen LogP contribution in [0.4, 0.5) is 14.5 Å². The smallest absolute Gasteiger partial charge is 0.278 e. The van der Waals surface area contributed by atoms with Gasteiger partial charge in [0.25, 0.3) is 5.91 Å². The first-order valence-corrected chi connectivity index (χ1v) is 7.24. The molecule has 0 saturated carbocycles. The molecular weight excluding hydrogens is 358 g/mol. The van der Waals surface area contributed by atoms with Gasteiger partial charge in [0, 0.05) is 16.4 Å². The van der Waals surface area contributed by atoms with Crippen LogP contribution in [0.2, 0.25) is 0 Å². The van der Waals surface area contributed by atoms with E-state index in [1.807, 2.05) is 0 Å². The lowest BCUT2D eigenvalue weighted by Gasteiger charge is -2.06. The van der Waals surface area contributed by atoms with Crippen LogP contribution in [0.5, 0.6) is 5.75 Å². The van der Waals surface area contributed by atoms with Crippen molar-refractivity contribution in [2.24, 2.45) is 0 Å². The highest BCUT2D eigenvalue weighted by Crippen LogP contribution is 2.20. The average molecular weight is 373 g/mol. The van der Waals surface area contributed by atoms with Crippen molar-refractivity contribution in [1.29, 1.82) is 0 Å². The Balaban J connectivity index is 0.000000541. The molecule has 1 amide bonds. The van der Waals surface area contributed by atoms with E-state index >= 15 is 0 Å². The van der Waals surface area contributed by atoms with Crippen LogP contribution in [0.25, 0.3) is 0 Å². The average Bonchev–Trinajstić information content (AvgIpc) is 2.49. The zero-order valence-electron chi connectivity index (χ0n) is 11.8. The van der Waals surface area contributed by atoms with Gasteiger partial charge in [-0.2, -0.15) is 0 Å².